The van der Waals surface area contributed by atoms with E-state index in [2.05, 4.69) is 53.3 Å². The van der Waals surface area contributed by atoms with Gasteiger partial charge in [0.15, 0.2) is 0 Å². The van der Waals surface area contributed by atoms with Gasteiger partial charge in [0.25, 0.3) is 0 Å². The topological polar surface area (TPSA) is 29.5 Å². The zero-order valence-corrected chi connectivity index (χ0v) is 14.4. The average molecular weight is 351 g/mol. The summed E-state index contributed by atoms with van der Waals surface area (Å²) in [5.74, 6) is 0.861. The molecule has 2 aromatic rings. The molecule has 0 saturated heterocycles. The van der Waals surface area contributed by atoms with Crippen molar-refractivity contribution >= 4 is 29.2 Å². The molecular weight excluding hydrogens is 332 g/mol. The minimum atomic E-state index is -1.60. The molecule has 1 N–H and O–H groups in total. The van der Waals surface area contributed by atoms with Crippen molar-refractivity contribution in [1.29, 1.82) is 0 Å². The molecule has 0 unspecified atom stereocenters. The molecule has 0 bridgehead atoms. The van der Waals surface area contributed by atoms with Crippen molar-refractivity contribution in [3.8, 4) is 5.75 Å². The van der Waals surface area contributed by atoms with Crippen LogP contribution in [0.3, 0.4) is 0 Å². The zero-order chi connectivity index (χ0) is 14.6. The molecule has 0 aliphatic heterocycles. The van der Waals surface area contributed by atoms with Crippen molar-refractivity contribution in [1.82, 2.24) is 0 Å². The van der Waals surface area contributed by atoms with E-state index in [0.29, 0.717) is 0 Å². The van der Waals surface area contributed by atoms with Gasteiger partial charge in [-0.2, -0.15) is 0 Å². The first kappa shape index (κ1) is 15.3. The Bertz CT molecular complexity index is 550. The molecule has 0 spiro atoms. The second-order valence-corrected chi connectivity index (χ2v) is 11.0. The van der Waals surface area contributed by atoms with Crippen LogP contribution in [0.15, 0.2) is 53.0 Å². The normalized spacial score (nSPS) is 11.4. The molecule has 0 atom stereocenters. The molecule has 0 aliphatic rings. The summed E-state index contributed by atoms with van der Waals surface area (Å²) in [4.78, 5) is 0. The van der Waals surface area contributed by atoms with Crippen LogP contribution in [0.1, 0.15) is 5.56 Å². The van der Waals surface area contributed by atoms with Crippen molar-refractivity contribution in [2.45, 2.75) is 19.7 Å². The summed E-state index contributed by atoms with van der Waals surface area (Å²) in [6.45, 7) is 4.68. The Labute approximate surface area is 129 Å². The van der Waals surface area contributed by atoms with E-state index in [1.54, 1.807) is 0 Å². The van der Waals surface area contributed by atoms with Crippen molar-refractivity contribution in [2.75, 3.05) is 6.23 Å². The quantitative estimate of drug-likeness (QED) is 0.836. The highest BCUT2D eigenvalue weighted by Gasteiger charge is 2.24. The van der Waals surface area contributed by atoms with Gasteiger partial charge in [-0.15, -0.1) is 0 Å². The molecule has 0 saturated carbocycles. The second kappa shape index (κ2) is 6.57. The Morgan fingerprint density at radius 3 is 2.15 bits per heavy atom. The molecule has 106 valence electrons. The minimum absolute atomic E-state index is 0.0689. The van der Waals surface area contributed by atoms with E-state index in [-0.39, 0.29) is 6.61 Å². The largest absolute Gasteiger partial charge is 0.497 e. The van der Waals surface area contributed by atoms with Crippen LogP contribution >= 0.6 is 15.9 Å². The highest BCUT2D eigenvalue weighted by molar-refractivity contribution is 9.10. The van der Waals surface area contributed by atoms with Crippen LogP contribution in [0.2, 0.25) is 13.1 Å². The summed E-state index contributed by atoms with van der Waals surface area (Å²) < 4.78 is 7.03. The predicted octanol–water partition coefficient (Wildman–Crippen LogP) is 3.48. The number of halogens is 1. The van der Waals surface area contributed by atoms with Gasteiger partial charge in [-0.25, -0.2) is 0 Å². The van der Waals surface area contributed by atoms with E-state index >= 15 is 0 Å². The zero-order valence-electron chi connectivity index (χ0n) is 11.8. The van der Waals surface area contributed by atoms with Crippen molar-refractivity contribution < 1.29 is 9.84 Å². The maximum absolute atomic E-state index is 9.02. The summed E-state index contributed by atoms with van der Waals surface area (Å²) in [6, 6.07) is 16.1. The molecule has 0 aliphatic carbocycles. The van der Waals surface area contributed by atoms with Gasteiger partial charge in [-0.1, -0.05) is 58.5 Å². The lowest BCUT2D eigenvalue weighted by Gasteiger charge is -2.23. The van der Waals surface area contributed by atoms with Crippen molar-refractivity contribution in [3.63, 3.8) is 0 Å². The lowest BCUT2D eigenvalue weighted by Crippen LogP contribution is -2.47. The average Bonchev–Trinajstić information content (AvgIpc) is 2.46. The lowest BCUT2D eigenvalue weighted by atomic mass is 10.2. The van der Waals surface area contributed by atoms with Gasteiger partial charge in [0.05, 0.1) is 12.8 Å². The number of ether oxygens (including phenoxy) is 1. The van der Waals surface area contributed by atoms with E-state index in [1.165, 1.54) is 5.19 Å². The maximum Gasteiger partial charge on any atom is 0.124 e. The molecule has 4 heteroatoms. The molecule has 0 amide bonds. The number of aliphatic hydroxyl groups excluding tert-OH is 1. The summed E-state index contributed by atoms with van der Waals surface area (Å²) in [6.07, 6.45) is 0.743. The van der Waals surface area contributed by atoms with Gasteiger partial charge in [0.2, 0.25) is 0 Å². The molecular formula is C16H19BrO2Si. The van der Waals surface area contributed by atoms with E-state index in [0.717, 1.165) is 22.0 Å². The number of rotatable bonds is 5. The van der Waals surface area contributed by atoms with Crippen LogP contribution in [0, 0.1) is 0 Å². The van der Waals surface area contributed by atoms with Crippen LogP contribution in [-0.4, -0.2) is 19.4 Å². The third-order valence-electron chi connectivity index (χ3n) is 3.33. The fraction of sp³-hybridized carbons (Fsp3) is 0.250. The highest BCUT2D eigenvalue weighted by atomic mass is 79.9. The summed E-state index contributed by atoms with van der Waals surface area (Å²) in [5, 5.41) is 10.4. The lowest BCUT2D eigenvalue weighted by molar-refractivity contribution is 0.281. The highest BCUT2D eigenvalue weighted by Crippen LogP contribution is 2.15. The fourth-order valence-corrected chi connectivity index (χ4v) is 3.97. The Morgan fingerprint density at radius 1 is 1.00 bits per heavy atom. The molecule has 20 heavy (non-hydrogen) atoms. The van der Waals surface area contributed by atoms with Gasteiger partial charge in [-0.05, 0) is 29.8 Å². The van der Waals surface area contributed by atoms with Crippen LogP contribution < -0.4 is 9.92 Å². The number of benzene rings is 2. The molecule has 2 rings (SSSR count). The van der Waals surface area contributed by atoms with E-state index in [4.69, 9.17) is 9.84 Å². The maximum atomic E-state index is 9.02. The molecule has 2 nitrogen and oxygen atoms in total. The number of aliphatic hydroxyl groups is 1. The molecule has 0 radical (unpaired) electrons. The van der Waals surface area contributed by atoms with Gasteiger partial charge in [-0.3, -0.25) is 0 Å². The molecule has 0 fully saturated rings. The van der Waals surface area contributed by atoms with Gasteiger partial charge >= 0.3 is 0 Å². The van der Waals surface area contributed by atoms with Crippen LogP contribution in [0.4, 0.5) is 0 Å². The monoisotopic (exact) mass is 350 g/mol. The SMILES string of the molecule is C[Si](C)(COc1ccc(CO)cc1)c1ccc(Br)cc1. The molecule has 0 aromatic heterocycles. The van der Waals surface area contributed by atoms with E-state index < -0.39 is 8.07 Å². The minimum Gasteiger partial charge on any atom is -0.497 e. The Balaban J connectivity index is 2.02. The fourth-order valence-electron chi connectivity index (χ4n) is 1.94. The third kappa shape index (κ3) is 3.95. The molecule has 0 heterocycles. The van der Waals surface area contributed by atoms with Gasteiger partial charge in [0, 0.05) is 4.47 Å². The van der Waals surface area contributed by atoms with Crippen molar-refractivity contribution in [3.05, 3.63) is 58.6 Å². The van der Waals surface area contributed by atoms with E-state index in [1.807, 2.05) is 24.3 Å². The third-order valence-corrected chi connectivity index (χ3v) is 6.62. The summed E-state index contributed by atoms with van der Waals surface area (Å²) in [7, 11) is -1.60. The first-order valence-electron chi connectivity index (χ1n) is 6.60. The smallest absolute Gasteiger partial charge is 0.124 e. The molecule has 2 aromatic carbocycles. The second-order valence-electron chi connectivity index (χ2n) is 5.48. The first-order chi connectivity index (χ1) is 9.51. The number of hydrogen-bond donors (Lipinski definition) is 1. The van der Waals surface area contributed by atoms with Crippen LogP contribution in [-0.2, 0) is 6.61 Å². The van der Waals surface area contributed by atoms with Gasteiger partial charge in [0.1, 0.15) is 13.8 Å². The Kier molecular flexibility index (Phi) is 5.02. The van der Waals surface area contributed by atoms with Crippen molar-refractivity contribution in [2.24, 2.45) is 0 Å². The number of hydrogen-bond acceptors (Lipinski definition) is 2. The van der Waals surface area contributed by atoms with Crippen LogP contribution in [0.5, 0.6) is 5.75 Å². The summed E-state index contributed by atoms with van der Waals surface area (Å²) >= 11 is 3.47. The Morgan fingerprint density at radius 2 is 1.60 bits per heavy atom. The standard InChI is InChI=1S/C16H19BrO2Si/c1-20(2,16-9-5-14(17)6-10-16)12-19-15-7-3-13(11-18)4-8-15/h3-10,18H,11-12H2,1-2H3. The summed E-state index contributed by atoms with van der Waals surface area (Å²) in [5.41, 5.74) is 0.904. The van der Waals surface area contributed by atoms with Crippen LogP contribution in [0.25, 0.3) is 0 Å². The Hall–Kier alpha value is -1.10. The first-order valence-corrected chi connectivity index (χ1v) is 10.6. The predicted molar refractivity (Wildman–Crippen MR) is 89.1 cm³/mol. The van der Waals surface area contributed by atoms with Gasteiger partial charge < -0.3 is 9.84 Å². The van der Waals surface area contributed by atoms with E-state index in [9.17, 15) is 0 Å².